The van der Waals surface area contributed by atoms with Crippen LogP contribution in [0.3, 0.4) is 0 Å². The lowest BCUT2D eigenvalue weighted by Crippen LogP contribution is -2.48. The highest BCUT2D eigenvalue weighted by Crippen LogP contribution is 2.38. The number of amides is 1. The molecule has 198 valence electrons. The standard InChI is InChI=1S/C28H30IN5O4/c1-15-19-10-20-21(11-22(19)38-25(36)23(15)24(30)35)33(14-16-7-6-8-18(29)9-16)26(32-20)31-13-17-12-27(2,3)34(37)28(17,4)5/h6-12,37H,13-14H2,1-5H3,(H3,30,31,32,35)/p+1. The van der Waals surface area contributed by atoms with Crippen LogP contribution in [0.1, 0.15) is 49.2 Å². The van der Waals surface area contributed by atoms with Crippen molar-refractivity contribution in [3.8, 4) is 0 Å². The number of H-pyrrole nitrogens is 1. The summed E-state index contributed by atoms with van der Waals surface area (Å²) < 4.78 is 8.76. The first-order chi connectivity index (χ1) is 17.8. The number of hydroxylamine groups is 2. The zero-order valence-corrected chi connectivity index (χ0v) is 24.1. The zero-order valence-electron chi connectivity index (χ0n) is 22.0. The van der Waals surface area contributed by atoms with Gasteiger partial charge in [-0.25, -0.2) is 14.3 Å². The van der Waals surface area contributed by atoms with Crippen molar-refractivity contribution in [1.82, 2.24) is 10.0 Å². The molecule has 38 heavy (non-hydrogen) atoms. The Labute approximate surface area is 233 Å². The van der Waals surface area contributed by atoms with Crippen molar-refractivity contribution in [2.24, 2.45) is 5.73 Å². The van der Waals surface area contributed by atoms with Crippen LogP contribution in [0.2, 0.25) is 0 Å². The number of benzene rings is 2. The Balaban J connectivity index is 1.64. The summed E-state index contributed by atoms with van der Waals surface area (Å²) in [5, 5.41) is 16.3. The van der Waals surface area contributed by atoms with Gasteiger partial charge < -0.3 is 15.4 Å². The van der Waals surface area contributed by atoms with Crippen LogP contribution in [0.5, 0.6) is 0 Å². The van der Waals surface area contributed by atoms with E-state index in [0.717, 1.165) is 31.7 Å². The molecule has 3 heterocycles. The van der Waals surface area contributed by atoms with Crippen molar-refractivity contribution < 1.29 is 19.0 Å². The number of aromatic nitrogens is 2. The first kappa shape index (κ1) is 26.4. The number of nitrogens with one attached hydrogen (secondary N) is 2. The van der Waals surface area contributed by atoms with Gasteiger partial charge in [0.15, 0.2) is 0 Å². The third kappa shape index (κ3) is 4.40. The Kier molecular flexibility index (Phi) is 6.40. The summed E-state index contributed by atoms with van der Waals surface area (Å²) in [6.07, 6.45) is 2.09. The molecule has 5 rings (SSSR count). The SMILES string of the molecule is Cc1c(C(N)=O)c(=O)oc2cc3c(cc12)[nH]c(NCC1=CC(C)(C)N(O)C1(C)C)[n+]3Cc1cccc(I)c1. The van der Waals surface area contributed by atoms with Crippen molar-refractivity contribution in [1.29, 1.82) is 0 Å². The molecule has 0 radical (unpaired) electrons. The molecule has 1 amide bonds. The van der Waals surface area contributed by atoms with Gasteiger partial charge in [-0.05, 0) is 92.1 Å². The van der Waals surface area contributed by atoms with Crippen LogP contribution < -0.4 is 21.2 Å². The molecule has 0 unspecified atom stereocenters. The van der Waals surface area contributed by atoms with Crippen LogP contribution in [0, 0.1) is 10.5 Å². The van der Waals surface area contributed by atoms with Gasteiger partial charge in [0.05, 0.1) is 24.2 Å². The minimum Gasteiger partial charge on any atom is -0.422 e. The molecule has 0 bridgehead atoms. The maximum absolute atomic E-state index is 12.5. The van der Waals surface area contributed by atoms with Gasteiger partial charge >= 0.3 is 11.6 Å². The molecule has 0 atom stereocenters. The van der Waals surface area contributed by atoms with Crippen LogP contribution in [-0.4, -0.2) is 38.8 Å². The quantitative estimate of drug-likeness (QED) is 0.110. The Morgan fingerprint density at radius 3 is 2.61 bits per heavy atom. The van der Waals surface area contributed by atoms with Gasteiger partial charge in [0.2, 0.25) is 0 Å². The fraction of sp³-hybridized carbons (Fsp3) is 0.321. The second-order valence-corrected chi connectivity index (χ2v) is 12.1. The van der Waals surface area contributed by atoms with Crippen LogP contribution in [0.15, 0.2) is 57.3 Å². The fourth-order valence-electron chi connectivity index (χ4n) is 5.40. The van der Waals surface area contributed by atoms with Gasteiger partial charge in [0, 0.05) is 15.0 Å². The van der Waals surface area contributed by atoms with Crippen LogP contribution in [0.25, 0.3) is 22.0 Å². The molecule has 4 aromatic rings. The average molecular weight is 628 g/mol. The van der Waals surface area contributed by atoms with Gasteiger partial charge in [0.1, 0.15) is 22.2 Å². The number of anilines is 1. The highest BCUT2D eigenvalue weighted by atomic mass is 127. The summed E-state index contributed by atoms with van der Waals surface area (Å²) in [5.41, 5.74) is 8.21. The average Bonchev–Trinajstić information content (AvgIpc) is 3.23. The van der Waals surface area contributed by atoms with Crippen molar-refractivity contribution in [2.75, 3.05) is 11.9 Å². The lowest BCUT2D eigenvalue weighted by molar-refractivity contribution is -0.647. The molecule has 0 aliphatic carbocycles. The van der Waals surface area contributed by atoms with E-state index in [1.807, 2.05) is 52.0 Å². The molecular formula is C28H31IN5O4+. The number of carbonyl (C=O) groups excluding carboxylic acids is 1. The Morgan fingerprint density at radius 1 is 1.24 bits per heavy atom. The lowest BCUT2D eigenvalue weighted by Gasteiger charge is -2.36. The Bertz CT molecular complexity index is 1700. The second kappa shape index (κ2) is 9.21. The van der Waals surface area contributed by atoms with Crippen LogP contribution >= 0.6 is 22.6 Å². The minimum absolute atomic E-state index is 0.139. The molecule has 2 aromatic carbocycles. The van der Waals surface area contributed by atoms with Gasteiger partial charge in [-0.3, -0.25) is 10.1 Å². The molecular weight excluding hydrogens is 597 g/mol. The van der Waals surface area contributed by atoms with E-state index in [1.165, 1.54) is 5.06 Å². The molecule has 2 aromatic heterocycles. The predicted molar refractivity (Wildman–Crippen MR) is 154 cm³/mol. The monoisotopic (exact) mass is 628 g/mol. The van der Waals surface area contributed by atoms with Gasteiger partial charge in [-0.2, -0.15) is 5.06 Å². The van der Waals surface area contributed by atoms with Crippen LogP contribution in [0.4, 0.5) is 5.95 Å². The number of imidazole rings is 1. The van der Waals surface area contributed by atoms with E-state index < -0.39 is 22.6 Å². The summed E-state index contributed by atoms with van der Waals surface area (Å²) in [4.78, 5) is 27.9. The topological polar surface area (TPSA) is 128 Å². The van der Waals surface area contributed by atoms with Crippen LogP contribution in [-0.2, 0) is 6.54 Å². The first-order valence-corrected chi connectivity index (χ1v) is 13.4. The smallest absolute Gasteiger partial charge is 0.356 e. The number of aromatic amines is 1. The molecule has 1 aliphatic rings. The number of halogens is 1. The molecule has 9 nitrogen and oxygen atoms in total. The van der Waals surface area contributed by atoms with Crippen molar-refractivity contribution in [2.45, 2.75) is 52.2 Å². The van der Waals surface area contributed by atoms with E-state index >= 15 is 0 Å². The highest BCUT2D eigenvalue weighted by Gasteiger charge is 2.45. The molecule has 0 saturated heterocycles. The summed E-state index contributed by atoms with van der Waals surface area (Å²) >= 11 is 2.30. The van der Waals surface area contributed by atoms with Gasteiger partial charge in [-0.15, -0.1) is 0 Å². The van der Waals surface area contributed by atoms with E-state index in [9.17, 15) is 14.8 Å². The predicted octanol–water partition coefficient (Wildman–Crippen LogP) is 4.22. The van der Waals surface area contributed by atoms with Gasteiger partial charge in [0.25, 0.3) is 5.91 Å². The summed E-state index contributed by atoms with van der Waals surface area (Å²) in [6.45, 7) is 10.7. The van der Waals surface area contributed by atoms with Crippen molar-refractivity contribution in [3.05, 3.63) is 78.7 Å². The van der Waals surface area contributed by atoms with E-state index in [1.54, 1.807) is 6.92 Å². The molecule has 1 aliphatic heterocycles. The number of rotatable bonds is 6. The molecule has 0 saturated carbocycles. The Morgan fingerprint density at radius 2 is 1.97 bits per heavy atom. The fourth-order valence-corrected chi connectivity index (χ4v) is 6.01. The Hall–Kier alpha value is -3.22. The number of hydrogen-bond donors (Lipinski definition) is 4. The number of nitrogens with two attached hydrogens (primary N) is 1. The first-order valence-electron chi connectivity index (χ1n) is 12.3. The largest absolute Gasteiger partial charge is 0.422 e. The van der Waals surface area contributed by atoms with E-state index in [4.69, 9.17) is 10.2 Å². The highest BCUT2D eigenvalue weighted by molar-refractivity contribution is 14.1. The number of hydrogen-bond acceptors (Lipinski definition) is 6. The van der Waals surface area contributed by atoms with E-state index in [-0.39, 0.29) is 5.56 Å². The van der Waals surface area contributed by atoms with Crippen molar-refractivity contribution >= 4 is 56.4 Å². The second-order valence-electron chi connectivity index (χ2n) is 10.9. The normalized spacial score (nSPS) is 16.8. The number of carbonyl (C=O) groups is 1. The number of nitrogens with zero attached hydrogens (tertiary/aromatic N) is 2. The number of aryl methyl sites for hydroxylation is 1. The lowest BCUT2D eigenvalue weighted by atomic mass is 9.96. The molecule has 0 fully saturated rings. The summed E-state index contributed by atoms with van der Waals surface area (Å²) in [6, 6.07) is 11.9. The maximum Gasteiger partial charge on any atom is 0.356 e. The van der Waals surface area contributed by atoms with E-state index in [2.05, 4.69) is 55.7 Å². The summed E-state index contributed by atoms with van der Waals surface area (Å²) in [7, 11) is 0. The minimum atomic E-state index is -0.811. The third-order valence-corrected chi connectivity index (χ3v) is 8.08. The third-order valence-electron chi connectivity index (χ3n) is 7.41. The molecule has 5 N–H and O–H groups in total. The number of primary amides is 1. The molecule has 10 heteroatoms. The maximum atomic E-state index is 12.5. The number of fused-ring (bicyclic) bond motifs is 2. The van der Waals surface area contributed by atoms with Gasteiger partial charge in [-0.1, -0.05) is 18.2 Å². The zero-order chi connectivity index (χ0) is 27.6. The summed E-state index contributed by atoms with van der Waals surface area (Å²) in [5.74, 6) is -0.0516. The molecule has 0 spiro atoms. The van der Waals surface area contributed by atoms with E-state index in [0.29, 0.717) is 29.6 Å². The van der Waals surface area contributed by atoms with Crippen molar-refractivity contribution in [3.63, 3.8) is 0 Å².